The minimum Gasteiger partial charge on any atom is -0.393 e. The molecule has 0 unspecified atom stereocenters. The van der Waals surface area contributed by atoms with Crippen molar-refractivity contribution in [2.75, 3.05) is 29.1 Å². The summed E-state index contributed by atoms with van der Waals surface area (Å²) in [4.78, 5) is 6.91. The van der Waals surface area contributed by atoms with Gasteiger partial charge in [-0.1, -0.05) is 12.1 Å². The summed E-state index contributed by atoms with van der Waals surface area (Å²) in [7, 11) is 2.13. The Morgan fingerprint density at radius 2 is 1.96 bits per heavy atom. The van der Waals surface area contributed by atoms with Gasteiger partial charge in [0.1, 0.15) is 5.82 Å². The molecule has 3 N–H and O–H groups in total. The lowest BCUT2D eigenvalue weighted by Gasteiger charge is -2.26. The topological polar surface area (TPSA) is 77.7 Å². The molecule has 0 radical (unpaired) electrons. The molecular formula is C21H26N6O. The van der Waals surface area contributed by atoms with Gasteiger partial charge in [-0.15, -0.1) is 5.10 Å². The van der Waals surface area contributed by atoms with Crippen LogP contribution in [0.25, 0.3) is 5.65 Å². The maximum Gasteiger partial charge on any atom is 0.247 e. The van der Waals surface area contributed by atoms with Crippen LogP contribution in [0.5, 0.6) is 0 Å². The van der Waals surface area contributed by atoms with E-state index in [1.807, 2.05) is 22.7 Å². The lowest BCUT2D eigenvalue weighted by molar-refractivity contribution is 0.126. The van der Waals surface area contributed by atoms with Crippen LogP contribution in [-0.4, -0.2) is 45.4 Å². The van der Waals surface area contributed by atoms with Crippen LogP contribution in [0.3, 0.4) is 0 Å². The predicted octanol–water partition coefficient (Wildman–Crippen LogP) is 3.18. The zero-order chi connectivity index (χ0) is 19.1. The second kappa shape index (κ2) is 6.98. The molecule has 3 aromatic rings. The molecule has 3 heterocycles. The Hall–Kier alpha value is -2.80. The summed E-state index contributed by atoms with van der Waals surface area (Å²) in [5.74, 6) is 1.53. The lowest BCUT2D eigenvalue weighted by Crippen LogP contribution is -2.29. The normalized spacial score (nSPS) is 21.7. The molecule has 1 fully saturated rings. The van der Waals surface area contributed by atoms with E-state index in [1.54, 1.807) is 0 Å². The molecule has 1 saturated carbocycles. The van der Waals surface area contributed by atoms with E-state index in [0.29, 0.717) is 12.0 Å². The van der Waals surface area contributed by atoms with E-state index in [4.69, 9.17) is 0 Å². The van der Waals surface area contributed by atoms with Gasteiger partial charge >= 0.3 is 0 Å². The maximum atomic E-state index is 9.72. The third kappa shape index (κ3) is 3.26. The Labute approximate surface area is 164 Å². The fourth-order valence-electron chi connectivity index (χ4n) is 4.24. The van der Waals surface area contributed by atoms with E-state index in [1.165, 1.54) is 11.3 Å². The quantitative estimate of drug-likeness (QED) is 0.647. The Bertz CT molecular complexity index is 992. The van der Waals surface area contributed by atoms with Gasteiger partial charge in [0, 0.05) is 31.0 Å². The standard InChI is InChI=1S/C21H26N6O/c1-26-12-11-14-5-6-16(13-18(14)26)23-21-24-20-4-2-3-19(27(20)25-21)22-15-7-9-17(28)10-8-15/h2-6,13,15,17,22,28H,7-12H2,1H3,(H,23,25). The van der Waals surface area contributed by atoms with Gasteiger partial charge in [0.05, 0.1) is 6.10 Å². The van der Waals surface area contributed by atoms with Crippen molar-refractivity contribution < 1.29 is 5.11 Å². The van der Waals surface area contributed by atoms with Gasteiger partial charge in [-0.3, -0.25) is 0 Å². The molecule has 0 spiro atoms. The summed E-state index contributed by atoms with van der Waals surface area (Å²) in [6, 6.07) is 12.8. The SMILES string of the molecule is CN1CCc2ccc(Nc3nc4cccc(NC5CCC(O)CC5)n4n3)cc21. The van der Waals surface area contributed by atoms with E-state index in [9.17, 15) is 5.11 Å². The summed E-state index contributed by atoms with van der Waals surface area (Å²) in [5, 5.41) is 21.3. The molecule has 7 nitrogen and oxygen atoms in total. The first-order valence-corrected chi connectivity index (χ1v) is 10.1. The molecule has 146 valence electrons. The fourth-order valence-corrected chi connectivity index (χ4v) is 4.24. The Balaban J connectivity index is 1.37. The number of nitrogens with zero attached hydrogens (tertiary/aromatic N) is 4. The zero-order valence-corrected chi connectivity index (χ0v) is 16.1. The van der Waals surface area contributed by atoms with Crippen LogP contribution in [0, 0.1) is 0 Å². The number of rotatable bonds is 4. The Morgan fingerprint density at radius 1 is 1.11 bits per heavy atom. The van der Waals surface area contributed by atoms with Crippen molar-refractivity contribution in [3.8, 4) is 0 Å². The molecule has 1 aliphatic heterocycles. The maximum absolute atomic E-state index is 9.72. The monoisotopic (exact) mass is 378 g/mol. The highest BCUT2D eigenvalue weighted by molar-refractivity contribution is 5.68. The van der Waals surface area contributed by atoms with Crippen molar-refractivity contribution in [2.45, 2.75) is 44.2 Å². The number of aromatic nitrogens is 3. The summed E-state index contributed by atoms with van der Waals surface area (Å²) >= 11 is 0. The van der Waals surface area contributed by atoms with E-state index in [0.717, 1.165) is 55.8 Å². The molecule has 1 aromatic carbocycles. The van der Waals surface area contributed by atoms with Gasteiger partial charge in [0.15, 0.2) is 5.65 Å². The van der Waals surface area contributed by atoms with Gasteiger partial charge in [-0.05, 0) is 61.9 Å². The van der Waals surface area contributed by atoms with Crippen molar-refractivity contribution >= 4 is 28.8 Å². The van der Waals surface area contributed by atoms with E-state index >= 15 is 0 Å². The number of fused-ring (bicyclic) bond motifs is 2. The van der Waals surface area contributed by atoms with E-state index in [2.05, 4.69) is 50.9 Å². The molecular weight excluding hydrogens is 352 g/mol. The summed E-state index contributed by atoms with van der Waals surface area (Å²) in [5.41, 5.74) is 4.47. The van der Waals surface area contributed by atoms with Crippen molar-refractivity contribution in [1.82, 2.24) is 14.6 Å². The van der Waals surface area contributed by atoms with Crippen LogP contribution in [0.4, 0.5) is 23.1 Å². The van der Waals surface area contributed by atoms with Crippen LogP contribution < -0.4 is 15.5 Å². The number of hydrogen-bond donors (Lipinski definition) is 3. The number of nitrogens with one attached hydrogen (secondary N) is 2. The number of pyridine rings is 1. The minimum atomic E-state index is -0.151. The third-order valence-corrected chi connectivity index (χ3v) is 5.88. The largest absolute Gasteiger partial charge is 0.393 e. The molecule has 2 aliphatic rings. The zero-order valence-electron chi connectivity index (χ0n) is 16.1. The van der Waals surface area contributed by atoms with Crippen molar-refractivity contribution in [1.29, 1.82) is 0 Å². The van der Waals surface area contributed by atoms with Crippen LogP contribution >= 0.6 is 0 Å². The predicted molar refractivity (Wildman–Crippen MR) is 112 cm³/mol. The van der Waals surface area contributed by atoms with Gasteiger partial charge < -0.3 is 20.6 Å². The highest BCUT2D eigenvalue weighted by Gasteiger charge is 2.20. The highest BCUT2D eigenvalue weighted by Crippen LogP contribution is 2.30. The number of aliphatic hydroxyl groups excluding tert-OH is 1. The first-order chi connectivity index (χ1) is 13.7. The number of likely N-dealkylation sites (N-methyl/N-ethyl adjacent to an activating group) is 1. The van der Waals surface area contributed by atoms with Crippen LogP contribution in [-0.2, 0) is 6.42 Å². The molecule has 5 rings (SSSR count). The average molecular weight is 378 g/mol. The fraction of sp³-hybridized carbons (Fsp3) is 0.429. The minimum absolute atomic E-state index is 0.151. The van der Waals surface area contributed by atoms with Gasteiger partial charge in [0.25, 0.3) is 0 Å². The Kier molecular flexibility index (Phi) is 4.31. The average Bonchev–Trinajstić information content (AvgIpc) is 3.28. The van der Waals surface area contributed by atoms with Crippen LogP contribution in [0.1, 0.15) is 31.2 Å². The van der Waals surface area contributed by atoms with Gasteiger partial charge in [-0.25, -0.2) is 0 Å². The van der Waals surface area contributed by atoms with E-state index < -0.39 is 0 Å². The number of aliphatic hydroxyl groups is 1. The van der Waals surface area contributed by atoms with Crippen LogP contribution in [0.2, 0.25) is 0 Å². The Morgan fingerprint density at radius 3 is 2.82 bits per heavy atom. The number of hydrogen-bond acceptors (Lipinski definition) is 6. The molecule has 1 aliphatic carbocycles. The first-order valence-electron chi connectivity index (χ1n) is 10.1. The summed E-state index contributed by atoms with van der Waals surface area (Å²) in [6.07, 6.45) is 4.60. The number of anilines is 4. The van der Waals surface area contributed by atoms with E-state index in [-0.39, 0.29) is 6.10 Å². The van der Waals surface area contributed by atoms with Crippen molar-refractivity contribution in [3.05, 3.63) is 42.0 Å². The van der Waals surface area contributed by atoms with Gasteiger partial charge in [0.2, 0.25) is 5.95 Å². The molecule has 0 amide bonds. The molecule has 28 heavy (non-hydrogen) atoms. The first kappa shape index (κ1) is 17.3. The summed E-state index contributed by atoms with van der Waals surface area (Å²) < 4.78 is 1.85. The highest BCUT2D eigenvalue weighted by atomic mass is 16.3. The van der Waals surface area contributed by atoms with Crippen molar-refractivity contribution in [3.63, 3.8) is 0 Å². The third-order valence-electron chi connectivity index (χ3n) is 5.88. The molecule has 7 heteroatoms. The molecule has 0 atom stereocenters. The second-order valence-corrected chi connectivity index (χ2v) is 7.91. The molecule has 0 saturated heterocycles. The molecule has 2 aromatic heterocycles. The van der Waals surface area contributed by atoms with Crippen molar-refractivity contribution in [2.24, 2.45) is 0 Å². The summed E-state index contributed by atoms with van der Waals surface area (Å²) in [6.45, 7) is 1.07. The van der Waals surface area contributed by atoms with Crippen LogP contribution in [0.15, 0.2) is 36.4 Å². The lowest BCUT2D eigenvalue weighted by atomic mass is 9.93. The second-order valence-electron chi connectivity index (χ2n) is 7.91. The molecule has 0 bridgehead atoms. The van der Waals surface area contributed by atoms with Gasteiger partial charge in [-0.2, -0.15) is 9.50 Å². The smallest absolute Gasteiger partial charge is 0.247 e. The number of benzene rings is 1.